The van der Waals surface area contributed by atoms with Gasteiger partial charge in [-0.05, 0) is 36.1 Å². The Balaban J connectivity index is 1.38. The van der Waals surface area contributed by atoms with E-state index in [2.05, 4.69) is 10.6 Å². The normalized spacial score (nSPS) is 19.4. The van der Waals surface area contributed by atoms with Crippen molar-refractivity contribution in [2.75, 3.05) is 25.5 Å². The summed E-state index contributed by atoms with van der Waals surface area (Å²) in [5.74, 6) is -2.07. The number of hydrogen-bond acceptors (Lipinski definition) is 4. The smallest absolute Gasteiger partial charge is 0.335 e. The summed E-state index contributed by atoms with van der Waals surface area (Å²) >= 11 is 0. The highest BCUT2D eigenvalue weighted by atomic mass is 19.4. The molecule has 1 spiro atoms. The average molecular weight is 488 g/mol. The molecule has 5 amide bonds. The van der Waals surface area contributed by atoms with E-state index < -0.39 is 59.8 Å². The third-order valence-electron chi connectivity index (χ3n) is 6.28. The first-order valence-electron chi connectivity index (χ1n) is 10.9. The van der Waals surface area contributed by atoms with E-state index in [9.17, 15) is 32.3 Å². The molecule has 11 heteroatoms. The Morgan fingerprint density at radius 2 is 1.74 bits per heavy atom. The minimum Gasteiger partial charge on any atom is -0.335 e. The van der Waals surface area contributed by atoms with E-state index in [-0.39, 0.29) is 0 Å². The number of fused-ring (bicyclic) bond motifs is 1. The van der Waals surface area contributed by atoms with Gasteiger partial charge in [0.25, 0.3) is 5.91 Å². The number of urea groups is 1. The first-order chi connectivity index (χ1) is 16.5. The summed E-state index contributed by atoms with van der Waals surface area (Å²) in [6, 6.07) is 11.4. The van der Waals surface area contributed by atoms with Crippen LogP contribution in [0.5, 0.6) is 0 Å². The van der Waals surface area contributed by atoms with Crippen molar-refractivity contribution in [3.63, 3.8) is 0 Å². The molecule has 2 aromatic rings. The number of alkyl halides is 3. The van der Waals surface area contributed by atoms with Crippen LogP contribution in [0, 0.1) is 0 Å². The molecule has 1 fully saturated rings. The molecule has 184 valence electrons. The van der Waals surface area contributed by atoms with Crippen molar-refractivity contribution < 1.29 is 32.3 Å². The van der Waals surface area contributed by atoms with Gasteiger partial charge >= 0.3 is 12.2 Å². The quantitative estimate of drug-likeness (QED) is 0.632. The molecule has 0 radical (unpaired) electrons. The number of imide groups is 1. The summed E-state index contributed by atoms with van der Waals surface area (Å²) in [4.78, 5) is 52.4. The maximum Gasteiger partial charge on any atom is 0.418 e. The summed E-state index contributed by atoms with van der Waals surface area (Å²) in [6.45, 7) is -1.15. The number of rotatable bonds is 5. The molecule has 1 atom stereocenters. The molecule has 0 saturated carbocycles. The van der Waals surface area contributed by atoms with Gasteiger partial charge in [-0.1, -0.05) is 36.4 Å². The van der Waals surface area contributed by atoms with Crippen molar-refractivity contribution >= 4 is 29.4 Å². The number of nitrogens with one attached hydrogen (secondary N) is 2. The SMILES string of the molecule is CN(CC(=O)Nc1ccccc1C(F)(F)F)C(=O)CN1C(=O)NC2(CCc3ccccc3C2)C1=O. The number of benzene rings is 2. The van der Waals surface area contributed by atoms with Crippen LogP contribution in [0.15, 0.2) is 48.5 Å². The number of carbonyl (C=O) groups excluding carboxylic acids is 4. The predicted molar refractivity (Wildman–Crippen MR) is 119 cm³/mol. The van der Waals surface area contributed by atoms with Gasteiger partial charge in [0.1, 0.15) is 12.1 Å². The van der Waals surface area contributed by atoms with E-state index >= 15 is 0 Å². The molecule has 0 aromatic heterocycles. The van der Waals surface area contributed by atoms with Crippen LogP contribution in [0.1, 0.15) is 23.1 Å². The largest absolute Gasteiger partial charge is 0.418 e. The van der Waals surface area contributed by atoms with Gasteiger partial charge in [0, 0.05) is 13.5 Å². The van der Waals surface area contributed by atoms with Gasteiger partial charge in [0.2, 0.25) is 11.8 Å². The summed E-state index contributed by atoms with van der Waals surface area (Å²) in [7, 11) is 1.27. The van der Waals surface area contributed by atoms with Gasteiger partial charge in [0.05, 0.1) is 17.8 Å². The van der Waals surface area contributed by atoms with Crippen molar-refractivity contribution in [1.29, 1.82) is 0 Å². The maximum atomic E-state index is 13.1. The van der Waals surface area contributed by atoms with Gasteiger partial charge in [-0.25, -0.2) is 4.79 Å². The Morgan fingerprint density at radius 3 is 2.46 bits per heavy atom. The van der Waals surface area contributed by atoms with Gasteiger partial charge in [0.15, 0.2) is 0 Å². The number of hydrogen-bond donors (Lipinski definition) is 2. The zero-order valence-electron chi connectivity index (χ0n) is 18.8. The van der Waals surface area contributed by atoms with Crippen LogP contribution in [0.4, 0.5) is 23.7 Å². The first-order valence-corrected chi connectivity index (χ1v) is 10.9. The number of halogens is 3. The predicted octanol–water partition coefficient (Wildman–Crippen LogP) is 2.58. The number of likely N-dealkylation sites (N-methyl/N-ethyl adjacent to an activating group) is 1. The molecule has 0 bridgehead atoms. The minimum atomic E-state index is -4.66. The van der Waals surface area contributed by atoms with Crippen LogP contribution >= 0.6 is 0 Å². The Hall–Kier alpha value is -3.89. The van der Waals surface area contributed by atoms with Crippen molar-refractivity contribution in [3.8, 4) is 0 Å². The third kappa shape index (κ3) is 4.84. The number of para-hydroxylation sites is 1. The fraction of sp³-hybridized carbons (Fsp3) is 0.333. The molecule has 1 unspecified atom stereocenters. The molecular formula is C24H23F3N4O4. The second-order valence-corrected chi connectivity index (χ2v) is 8.69. The Bertz CT molecular complexity index is 1200. The van der Waals surface area contributed by atoms with Crippen molar-refractivity contribution in [2.45, 2.75) is 31.0 Å². The fourth-order valence-electron chi connectivity index (χ4n) is 4.43. The molecule has 1 aliphatic heterocycles. The lowest BCUT2D eigenvalue weighted by molar-refractivity contribution is -0.139. The zero-order valence-corrected chi connectivity index (χ0v) is 18.8. The summed E-state index contributed by atoms with van der Waals surface area (Å²) < 4.78 is 39.4. The second-order valence-electron chi connectivity index (χ2n) is 8.69. The van der Waals surface area contributed by atoms with Crippen LogP contribution in [-0.2, 0) is 33.4 Å². The van der Waals surface area contributed by atoms with Crippen LogP contribution in [0.3, 0.4) is 0 Å². The standard InChI is InChI=1S/C24H23F3N4O4/c1-30(13-19(32)28-18-9-5-4-8-17(18)24(25,26)27)20(33)14-31-21(34)23(29-22(31)35)11-10-15-6-2-3-7-16(15)12-23/h2-9H,10-14H2,1H3,(H,28,32)(H,29,35). The highest BCUT2D eigenvalue weighted by Crippen LogP contribution is 2.35. The van der Waals surface area contributed by atoms with E-state index in [4.69, 9.17) is 0 Å². The lowest BCUT2D eigenvalue weighted by Gasteiger charge is -2.32. The number of anilines is 1. The van der Waals surface area contributed by atoms with E-state index in [0.29, 0.717) is 19.3 Å². The Kier molecular flexibility index (Phi) is 6.27. The highest BCUT2D eigenvalue weighted by Gasteiger charge is 2.52. The molecule has 8 nitrogen and oxygen atoms in total. The molecule has 35 heavy (non-hydrogen) atoms. The topological polar surface area (TPSA) is 98.8 Å². The lowest BCUT2D eigenvalue weighted by atomic mass is 9.78. The monoisotopic (exact) mass is 488 g/mol. The van der Waals surface area contributed by atoms with Crippen LogP contribution < -0.4 is 10.6 Å². The Morgan fingerprint density at radius 1 is 1.09 bits per heavy atom. The average Bonchev–Trinajstić information content (AvgIpc) is 3.02. The highest BCUT2D eigenvalue weighted by molar-refractivity contribution is 6.09. The molecule has 2 N–H and O–H groups in total. The molecule has 2 aliphatic rings. The van der Waals surface area contributed by atoms with Crippen LogP contribution in [-0.4, -0.2) is 59.2 Å². The molecule has 4 rings (SSSR count). The van der Waals surface area contributed by atoms with E-state index in [1.54, 1.807) is 0 Å². The third-order valence-corrected chi connectivity index (χ3v) is 6.28. The fourth-order valence-corrected chi connectivity index (χ4v) is 4.43. The van der Waals surface area contributed by atoms with Crippen LogP contribution in [0.2, 0.25) is 0 Å². The van der Waals surface area contributed by atoms with Gasteiger partial charge in [-0.15, -0.1) is 0 Å². The van der Waals surface area contributed by atoms with Gasteiger partial charge < -0.3 is 15.5 Å². The van der Waals surface area contributed by atoms with E-state index in [0.717, 1.165) is 33.1 Å². The lowest BCUT2D eigenvalue weighted by Crippen LogP contribution is -2.51. The second kappa shape index (κ2) is 9.05. The number of aryl methyl sites for hydroxylation is 1. The molecule has 1 aliphatic carbocycles. The summed E-state index contributed by atoms with van der Waals surface area (Å²) in [5, 5.41) is 4.89. The molecule has 1 heterocycles. The Labute approximate surface area is 199 Å². The van der Waals surface area contributed by atoms with E-state index in [1.807, 2.05) is 24.3 Å². The van der Waals surface area contributed by atoms with Crippen LogP contribution in [0.25, 0.3) is 0 Å². The molecule has 1 saturated heterocycles. The summed E-state index contributed by atoms with van der Waals surface area (Å²) in [6.07, 6.45) is -3.35. The molecular weight excluding hydrogens is 465 g/mol. The number of nitrogens with zero attached hydrogens (tertiary/aromatic N) is 2. The summed E-state index contributed by atoms with van der Waals surface area (Å²) in [5.41, 5.74) is -0.510. The number of carbonyl (C=O) groups is 4. The van der Waals surface area contributed by atoms with Gasteiger partial charge in [-0.3, -0.25) is 19.3 Å². The van der Waals surface area contributed by atoms with Crippen molar-refractivity contribution in [1.82, 2.24) is 15.1 Å². The number of amides is 5. The maximum absolute atomic E-state index is 13.1. The van der Waals surface area contributed by atoms with Crippen molar-refractivity contribution in [2.24, 2.45) is 0 Å². The minimum absolute atomic E-state index is 0.315. The van der Waals surface area contributed by atoms with E-state index in [1.165, 1.54) is 19.2 Å². The zero-order chi connectivity index (χ0) is 25.4. The van der Waals surface area contributed by atoms with Crippen molar-refractivity contribution in [3.05, 3.63) is 65.2 Å². The van der Waals surface area contributed by atoms with Gasteiger partial charge in [-0.2, -0.15) is 13.2 Å². The molecule has 2 aromatic carbocycles. The first kappa shape index (κ1) is 24.2.